The van der Waals surface area contributed by atoms with E-state index in [9.17, 15) is 13.2 Å². The van der Waals surface area contributed by atoms with Gasteiger partial charge in [-0.3, -0.25) is 5.10 Å². The second kappa shape index (κ2) is 3.73. The van der Waals surface area contributed by atoms with Crippen LogP contribution in [-0.4, -0.2) is 36.1 Å². The summed E-state index contributed by atoms with van der Waals surface area (Å²) in [6, 6.07) is 0. The lowest BCUT2D eigenvalue weighted by atomic mass is 9.99. The van der Waals surface area contributed by atoms with Gasteiger partial charge in [0.15, 0.2) is 12.4 Å². The third kappa shape index (κ3) is 2.41. The summed E-state index contributed by atoms with van der Waals surface area (Å²) in [7, 11) is 0. The Morgan fingerprint density at radius 1 is 1.47 bits per heavy atom. The van der Waals surface area contributed by atoms with Gasteiger partial charge in [0.05, 0.1) is 11.9 Å². The van der Waals surface area contributed by atoms with Crippen LogP contribution in [0, 0.1) is 0 Å². The molecule has 15 heavy (non-hydrogen) atoms. The predicted octanol–water partition coefficient (Wildman–Crippen LogP) is 1.04. The summed E-state index contributed by atoms with van der Waals surface area (Å²) in [6.07, 6.45) is -3.04. The number of nitrogens with one attached hydrogen (secondary N) is 2. The number of aromatic amines is 1. The van der Waals surface area contributed by atoms with Gasteiger partial charge in [-0.15, -0.1) is 0 Å². The maximum absolute atomic E-state index is 11.9. The summed E-state index contributed by atoms with van der Waals surface area (Å²) < 4.78 is 40.4. The van der Waals surface area contributed by atoms with Crippen molar-refractivity contribution in [1.82, 2.24) is 15.5 Å². The van der Waals surface area contributed by atoms with Crippen LogP contribution in [-0.2, 0) is 0 Å². The van der Waals surface area contributed by atoms with Crippen LogP contribution in [0.2, 0.25) is 0 Å². The lowest BCUT2D eigenvalue weighted by Gasteiger charge is -2.26. The topological polar surface area (TPSA) is 49.9 Å². The van der Waals surface area contributed by atoms with Gasteiger partial charge in [0.2, 0.25) is 0 Å². The Bertz CT molecular complexity index is 332. The molecule has 1 aromatic heterocycles. The second-order valence-electron chi connectivity index (χ2n) is 3.41. The van der Waals surface area contributed by atoms with Crippen LogP contribution in [0.15, 0.2) is 6.20 Å². The number of aromatic nitrogens is 2. The Kier molecular flexibility index (Phi) is 2.56. The van der Waals surface area contributed by atoms with Crippen molar-refractivity contribution in [3.8, 4) is 5.75 Å². The van der Waals surface area contributed by atoms with Crippen LogP contribution < -0.4 is 10.1 Å². The standard InChI is InChI=1S/C8H10F3N3O/c9-8(10,11)4-15-6-3-13-14-7(6)5-1-12-2-5/h3,5,12H,1-2,4H2,(H,13,14). The predicted molar refractivity (Wildman–Crippen MR) is 45.7 cm³/mol. The van der Waals surface area contributed by atoms with Crippen LogP contribution in [0.1, 0.15) is 11.6 Å². The van der Waals surface area contributed by atoms with Gasteiger partial charge in [-0.2, -0.15) is 18.3 Å². The molecule has 1 aromatic rings. The number of ether oxygens (including phenoxy) is 1. The van der Waals surface area contributed by atoms with Crippen molar-refractivity contribution < 1.29 is 17.9 Å². The molecule has 1 aliphatic heterocycles. The minimum absolute atomic E-state index is 0.177. The molecule has 1 aliphatic rings. The van der Waals surface area contributed by atoms with Gasteiger partial charge in [-0.1, -0.05) is 0 Å². The lowest BCUT2D eigenvalue weighted by molar-refractivity contribution is -0.153. The third-order valence-corrected chi connectivity index (χ3v) is 2.21. The van der Waals surface area contributed by atoms with Crippen molar-refractivity contribution in [2.24, 2.45) is 0 Å². The first-order valence-corrected chi connectivity index (χ1v) is 4.50. The van der Waals surface area contributed by atoms with Gasteiger partial charge in [0.25, 0.3) is 0 Å². The van der Waals surface area contributed by atoms with Crippen molar-refractivity contribution in [2.75, 3.05) is 19.7 Å². The summed E-state index contributed by atoms with van der Waals surface area (Å²) in [5, 5.41) is 9.37. The Morgan fingerprint density at radius 2 is 2.20 bits per heavy atom. The molecule has 2 heterocycles. The number of halogens is 3. The maximum Gasteiger partial charge on any atom is 0.422 e. The molecule has 0 spiro atoms. The van der Waals surface area contributed by atoms with Crippen molar-refractivity contribution >= 4 is 0 Å². The molecule has 0 unspecified atom stereocenters. The minimum Gasteiger partial charge on any atom is -0.481 e. The zero-order chi connectivity index (χ0) is 10.9. The smallest absolute Gasteiger partial charge is 0.422 e. The molecule has 1 fully saturated rings. The van der Waals surface area contributed by atoms with Gasteiger partial charge in [0.1, 0.15) is 0 Å². The quantitative estimate of drug-likeness (QED) is 0.801. The molecule has 2 rings (SSSR count). The van der Waals surface area contributed by atoms with E-state index < -0.39 is 12.8 Å². The van der Waals surface area contributed by atoms with Gasteiger partial charge < -0.3 is 10.1 Å². The van der Waals surface area contributed by atoms with E-state index in [1.807, 2.05) is 0 Å². The van der Waals surface area contributed by atoms with Crippen molar-refractivity contribution in [3.63, 3.8) is 0 Å². The number of nitrogens with zero attached hydrogens (tertiary/aromatic N) is 1. The largest absolute Gasteiger partial charge is 0.481 e. The lowest BCUT2D eigenvalue weighted by Crippen LogP contribution is -2.40. The monoisotopic (exact) mass is 221 g/mol. The first-order valence-electron chi connectivity index (χ1n) is 4.50. The highest BCUT2D eigenvalue weighted by Gasteiger charge is 2.30. The molecule has 0 saturated carbocycles. The first-order chi connectivity index (χ1) is 7.06. The van der Waals surface area contributed by atoms with Gasteiger partial charge in [-0.25, -0.2) is 0 Å². The number of alkyl halides is 3. The van der Waals surface area contributed by atoms with E-state index in [0.717, 1.165) is 13.1 Å². The molecular formula is C8H10F3N3O. The molecule has 0 radical (unpaired) electrons. The zero-order valence-corrected chi connectivity index (χ0v) is 7.77. The average Bonchev–Trinajstić information content (AvgIpc) is 2.44. The molecule has 0 aliphatic carbocycles. The fraction of sp³-hybridized carbons (Fsp3) is 0.625. The summed E-state index contributed by atoms with van der Waals surface area (Å²) in [5.74, 6) is 0.370. The molecule has 1 saturated heterocycles. The molecular weight excluding hydrogens is 211 g/mol. The summed E-state index contributed by atoms with van der Waals surface area (Å²) in [5.41, 5.74) is 0.637. The normalized spacial score (nSPS) is 17.5. The van der Waals surface area contributed by atoms with Crippen LogP contribution >= 0.6 is 0 Å². The van der Waals surface area contributed by atoms with E-state index in [-0.39, 0.29) is 11.7 Å². The maximum atomic E-state index is 11.9. The van der Waals surface area contributed by atoms with Crippen molar-refractivity contribution in [1.29, 1.82) is 0 Å². The fourth-order valence-corrected chi connectivity index (χ4v) is 1.34. The highest BCUT2D eigenvalue weighted by Crippen LogP contribution is 2.28. The van der Waals surface area contributed by atoms with Crippen molar-refractivity contribution in [2.45, 2.75) is 12.1 Å². The molecule has 84 valence electrons. The minimum atomic E-state index is -4.31. The first kappa shape index (κ1) is 10.3. The van der Waals surface area contributed by atoms with Crippen LogP contribution in [0.5, 0.6) is 5.75 Å². The summed E-state index contributed by atoms with van der Waals surface area (Å²) in [4.78, 5) is 0. The van der Waals surface area contributed by atoms with E-state index in [0.29, 0.717) is 5.69 Å². The van der Waals surface area contributed by atoms with E-state index in [4.69, 9.17) is 0 Å². The molecule has 0 atom stereocenters. The SMILES string of the molecule is FC(F)(F)COc1cn[nH]c1C1CNC1. The Labute approximate surface area is 83.8 Å². The van der Waals surface area contributed by atoms with Gasteiger partial charge >= 0.3 is 6.18 Å². The van der Waals surface area contributed by atoms with Crippen molar-refractivity contribution in [3.05, 3.63) is 11.9 Å². The van der Waals surface area contributed by atoms with E-state index >= 15 is 0 Å². The van der Waals surface area contributed by atoms with Gasteiger partial charge in [0, 0.05) is 19.0 Å². The Morgan fingerprint density at radius 3 is 2.73 bits per heavy atom. The van der Waals surface area contributed by atoms with E-state index in [2.05, 4.69) is 20.3 Å². The molecule has 0 bridgehead atoms. The van der Waals surface area contributed by atoms with Crippen LogP contribution in [0.25, 0.3) is 0 Å². The Balaban J connectivity index is 1.98. The van der Waals surface area contributed by atoms with Crippen LogP contribution in [0.3, 0.4) is 0 Å². The second-order valence-corrected chi connectivity index (χ2v) is 3.41. The van der Waals surface area contributed by atoms with Gasteiger partial charge in [-0.05, 0) is 0 Å². The molecule has 0 aromatic carbocycles. The number of rotatable bonds is 3. The highest BCUT2D eigenvalue weighted by molar-refractivity contribution is 5.29. The number of hydrogen-bond acceptors (Lipinski definition) is 3. The molecule has 4 nitrogen and oxygen atoms in total. The molecule has 2 N–H and O–H groups in total. The van der Waals surface area contributed by atoms with E-state index in [1.165, 1.54) is 6.20 Å². The summed E-state index contributed by atoms with van der Waals surface area (Å²) in [6.45, 7) is 0.203. The highest BCUT2D eigenvalue weighted by atomic mass is 19.4. The Hall–Kier alpha value is -1.24. The summed E-state index contributed by atoms with van der Waals surface area (Å²) >= 11 is 0. The van der Waals surface area contributed by atoms with E-state index in [1.54, 1.807) is 0 Å². The fourth-order valence-electron chi connectivity index (χ4n) is 1.34. The molecule has 0 amide bonds. The zero-order valence-electron chi connectivity index (χ0n) is 7.77. The number of H-pyrrole nitrogens is 1. The average molecular weight is 221 g/mol. The van der Waals surface area contributed by atoms with Crippen LogP contribution in [0.4, 0.5) is 13.2 Å². The third-order valence-electron chi connectivity index (χ3n) is 2.21. The molecule has 7 heteroatoms. The number of hydrogen-bond donors (Lipinski definition) is 2.